The van der Waals surface area contributed by atoms with Gasteiger partial charge in [0.25, 0.3) is 0 Å². The molecule has 1 aliphatic heterocycles. The predicted octanol–water partition coefficient (Wildman–Crippen LogP) is 1.99. The van der Waals surface area contributed by atoms with Crippen LogP contribution in [0.2, 0.25) is 0 Å². The number of rotatable bonds is 0. The number of nitrogens with zero attached hydrogens (tertiary/aromatic N) is 1. The lowest BCUT2D eigenvalue weighted by Gasteiger charge is -2.04. The zero-order valence-corrected chi connectivity index (χ0v) is 4.65. The molecule has 0 aliphatic carbocycles. The van der Waals surface area contributed by atoms with Gasteiger partial charge < -0.3 is 0 Å². The van der Waals surface area contributed by atoms with Gasteiger partial charge in [-0.25, -0.2) is 0 Å². The zero-order valence-electron chi connectivity index (χ0n) is 4.65. The first-order valence-corrected chi connectivity index (χ1v) is 2.53. The van der Waals surface area contributed by atoms with Crippen LogP contribution in [-0.2, 0) is 0 Å². The van der Waals surface area contributed by atoms with Crippen LogP contribution in [0.5, 0.6) is 0 Å². The average molecular weight is 113 g/mol. The maximum atomic E-state index is 12.3. The van der Waals surface area contributed by atoms with Crippen molar-refractivity contribution in [3.63, 3.8) is 0 Å². The van der Waals surface area contributed by atoms with E-state index in [2.05, 4.69) is 13.2 Å². The zero-order chi connectivity index (χ0) is 6.15. The van der Waals surface area contributed by atoms with Gasteiger partial charge in [0.15, 0.2) is 0 Å². The lowest BCUT2D eigenvalue weighted by atomic mass is 10.3. The van der Waals surface area contributed by atoms with E-state index in [0.717, 1.165) is 12.8 Å². The number of halogens is 1. The molecule has 0 atom stereocenters. The first kappa shape index (κ1) is 5.35. The van der Waals surface area contributed by atoms with E-state index < -0.39 is 0 Å². The van der Waals surface area contributed by atoms with E-state index in [1.807, 2.05) is 0 Å². The molecule has 1 rings (SSSR count). The Labute approximate surface area is 48.0 Å². The molecule has 0 aromatic carbocycles. The van der Waals surface area contributed by atoms with Gasteiger partial charge in [-0.05, 0) is 12.8 Å². The second-order valence-electron chi connectivity index (χ2n) is 1.91. The highest BCUT2D eigenvalue weighted by atomic mass is 19.2. The summed E-state index contributed by atoms with van der Waals surface area (Å²) >= 11 is 0. The Morgan fingerprint density at radius 2 is 1.62 bits per heavy atom. The molecular weight excluding hydrogens is 105 g/mol. The molecule has 1 aliphatic rings. The molecule has 0 N–H and O–H groups in total. The van der Waals surface area contributed by atoms with Crippen LogP contribution in [-0.4, -0.2) is 5.12 Å². The molecule has 1 saturated heterocycles. The van der Waals surface area contributed by atoms with E-state index in [1.165, 1.54) is 0 Å². The molecule has 0 radical (unpaired) electrons. The predicted molar refractivity (Wildman–Crippen MR) is 30.5 cm³/mol. The van der Waals surface area contributed by atoms with E-state index in [0.29, 0.717) is 16.5 Å². The third-order valence-electron chi connectivity index (χ3n) is 1.26. The number of hydrogen-bond donors (Lipinski definition) is 0. The third kappa shape index (κ3) is 0.619. The Morgan fingerprint density at radius 1 is 1.25 bits per heavy atom. The number of hydrogen-bond acceptors (Lipinski definition) is 1. The van der Waals surface area contributed by atoms with Crippen LogP contribution in [0.15, 0.2) is 24.6 Å². The van der Waals surface area contributed by atoms with Crippen LogP contribution in [0, 0.1) is 0 Å². The van der Waals surface area contributed by atoms with Crippen LogP contribution in [0.4, 0.5) is 4.48 Å². The highest BCUT2D eigenvalue weighted by molar-refractivity contribution is 5.11. The minimum absolute atomic E-state index is 0.523. The minimum Gasteiger partial charge on any atom is -0.189 e. The molecule has 44 valence electrons. The summed E-state index contributed by atoms with van der Waals surface area (Å²) in [4.78, 5) is 0. The Hall–Kier alpha value is -0.790. The van der Waals surface area contributed by atoms with Crippen LogP contribution in [0.25, 0.3) is 0 Å². The van der Waals surface area contributed by atoms with E-state index in [1.54, 1.807) is 0 Å². The second-order valence-corrected chi connectivity index (χ2v) is 1.91. The van der Waals surface area contributed by atoms with Crippen molar-refractivity contribution in [2.24, 2.45) is 0 Å². The van der Waals surface area contributed by atoms with Gasteiger partial charge in [0, 0.05) is 11.4 Å². The molecule has 0 spiro atoms. The van der Waals surface area contributed by atoms with Gasteiger partial charge in [-0.15, -0.1) is 0 Å². The van der Waals surface area contributed by atoms with Crippen LogP contribution in [0.1, 0.15) is 12.8 Å². The smallest absolute Gasteiger partial charge is 0.0449 e. The minimum atomic E-state index is 0.523. The fourth-order valence-electron chi connectivity index (χ4n) is 0.709. The molecule has 0 amide bonds. The van der Waals surface area contributed by atoms with Crippen molar-refractivity contribution in [3.8, 4) is 0 Å². The molecule has 1 nitrogen and oxygen atoms in total. The van der Waals surface area contributed by atoms with Crippen molar-refractivity contribution in [1.29, 1.82) is 0 Å². The summed E-state index contributed by atoms with van der Waals surface area (Å²) in [6.45, 7) is 6.95. The fourth-order valence-corrected chi connectivity index (χ4v) is 0.709. The van der Waals surface area contributed by atoms with Crippen molar-refractivity contribution in [3.05, 3.63) is 24.6 Å². The van der Waals surface area contributed by atoms with Gasteiger partial charge in [0.1, 0.15) is 0 Å². The van der Waals surface area contributed by atoms with Gasteiger partial charge in [0.2, 0.25) is 0 Å². The topological polar surface area (TPSA) is 3.24 Å². The highest BCUT2D eigenvalue weighted by Gasteiger charge is 2.17. The second kappa shape index (κ2) is 1.62. The van der Waals surface area contributed by atoms with E-state index in [-0.39, 0.29) is 0 Å². The largest absolute Gasteiger partial charge is 0.189 e. The van der Waals surface area contributed by atoms with Gasteiger partial charge in [0.05, 0.1) is 0 Å². The Kier molecular flexibility index (Phi) is 1.08. The normalized spacial score (nSPS) is 20.4. The first-order valence-electron chi connectivity index (χ1n) is 2.53. The summed E-state index contributed by atoms with van der Waals surface area (Å²) in [7, 11) is 0. The highest BCUT2D eigenvalue weighted by Crippen LogP contribution is 2.27. The SMILES string of the molecule is C=C1CCC(=C)N1F. The van der Waals surface area contributed by atoms with E-state index in [9.17, 15) is 4.48 Å². The Balaban J connectivity index is 2.70. The summed E-state index contributed by atoms with van der Waals surface area (Å²) in [5.41, 5.74) is 1.05. The molecule has 2 heteroatoms. The molecular formula is C6H8FN. The van der Waals surface area contributed by atoms with E-state index >= 15 is 0 Å². The molecule has 0 bridgehead atoms. The van der Waals surface area contributed by atoms with Crippen LogP contribution in [0.3, 0.4) is 0 Å². The summed E-state index contributed by atoms with van der Waals surface area (Å²) in [6.07, 6.45) is 1.44. The third-order valence-corrected chi connectivity index (χ3v) is 1.26. The maximum absolute atomic E-state index is 12.3. The molecule has 8 heavy (non-hydrogen) atoms. The molecule has 0 saturated carbocycles. The lowest BCUT2D eigenvalue weighted by molar-refractivity contribution is 0.133. The van der Waals surface area contributed by atoms with Crippen molar-refractivity contribution in [2.75, 3.05) is 0 Å². The van der Waals surface area contributed by atoms with Crippen LogP contribution < -0.4 is 0 Å². The summed E-state index contributed by atoms with van der Waals surface area (Å²) in [5, 5.41) is 0.556. The number of allylic oxidation sites excluding steroid dienone is 2. The summed E-state index contributed by atoms with van der Waals surface area (Å²) in [5.74, 6) is 0. The fraction of sp³-hybridized carbons (Fsp3) is 0.333. The van der Waals surface area contributed by atoms with Gasteiger partial charge in [-0.3, -0.25) is 0 Å². The van der Waals surface area contributed by atoms with Crippen molar-refractivity contribution >= 4 is 0 Å². The molecule has 1 heterocycles. The Morgan fingerprint density at radius 3 is 1.75 bits per heavy atom. The maximum Gasteiger partial charge on any atom is 0.0449 e. The summed E-state index contributed by atoms with van der Waals surface area (Å²) < 4.78 is 12.3. The van der Waals surface area contributed by atoms with E-state index in [4.69, 9.17) is 0 Å². The molecule has 0 aromatic heterocycles. The van der Waals surface area contributed by atoms with Crippen molar-refractivity contribution in [1.82, 2.24) is 5.12 Å². The molecule has 0 unspecified atom stereocenters. The van der Waals surface area contributed by atoms with Gasteiger partial charge in [-0.1, -0.05) is 17.6 Å². The van der Waals surface area contributed by atoms with Crippen LogP contribution >= 0.6 is 0 Å². The monoisotopic (exact) mass is 113 g/mol. The molecule has 1 fully saturated rings. The standard InChI is InChI=1S/C6H8FN/c1-5-3-4-6(2)8(5)7/h1-4H2. The quantitative estimate of drug-likeness (QED) is 0.434. The Bertz CT molecular complexity index is 123. The first-order chi connectivity index (χ1) is 3.72. The average Bonchev–Trinajstić information content (AvgIpc) is 1.98. The van der Waals surface area contributed by atoms with Gasteiger partial charge in [-0.2, -0.15) is 5.12 Å². The lowest BCUT2D eigenvalue weighted by Crippen LogP contribution is -1.99. The van der Waals surface area contributed by atoms with Crippen molar-refractivity contribution < 1.29 is 4.48 Å². The van der Waals surface area contributed by atoms with Gasteiger partial charge >= 0.3 is 0 Å². The molecule has 0 aromatic rings. The summed E-state index contributed by atoms with van der Waals surface area (Å²) in [6, 6.07) is 0. The van der Waals surface area contributed by atoms with Crippen molar-refractivity contribution in [2.45, 2.75) is 12.8 Å².